The summed E-state index contributed by atoms with van der Waals surface area (Å²) in [6, 6.07) is -1.05. The van der Waals surface area contributed by atoms with Crippen molar-refractivity contribution in [1.29, 1.82) is 0 Å². The molecule has 8 heteroatoms. The van der Waals surface area contributed by atoms with Crippen molar-refractivity contribution in [1.82, 2.24) is 0 Å². The van der Waals surface area contributed by atoms with Crippen molar-refractivity contribution in [2.75, 3.05) is 6.61 Å². The monoisotopic (exact) mass is 265 g/mol. The van der Waals surface area contributed by atoms with Crippen LogP contribution in [0.4, 0.5) is 0 Å². The molecular weight excluding hydrogens is 246 g/mol. The van der Waals surface area contributed by atoms with E-state index >= 15 is 0 Å². The van der Waals surface area contributed by atoms with Crippen LogP contribution in [0.15, 0.2) is 0 Å². The van der Waals surface area contributed by atoms with Crippen LogP contribution in [0.25, 0.3) is 0 Å². The average Bonchev–Trinajstić information content (AvgIpc) is 2.31. The lowest BCUT2D eigenvalue weighted by Crippen LogP contribution is -2.64. The molecule has 0 radical (unpaired) electrons. The summed E-state index contributed by atoms with van der Waals surface area (Å²) in [5, 5.41) is 46.5. The number of carboxylic acids is 1. The number of nitrogens with two attached hydrogens (primary N) is 1. The van der Waals surface area contributed by atoms with Gasteiger partial charge in [-0.15, -0.1) is 0 Å². The standard InChI is InChI=1S/C10H19NO7/c1-10(9(16)17)2-4(13)6(11)8(18-10)7(15)5(14)3-12/h4-8,12-15H,2-3,11H2,1H3,(H,16,17)/t4?,5-,6-,7-,8-,10-/m1/s1. The number of rotatable bonds is 4. The number of aliphatic hydroxyl groups is 4. The van der Waals surface area contributed by atoms with Crippen LogP contribution in [0, 0.1) is 0 Å². The lowest BCUT2D eigenvalue weighted by molar-refractivity contribution is -0.221. The van der Waals surface area contributed by atoms with Gasteiger partial charge in [0.05, 0.1) is 18.8 Å². The molecule has 1 fully saturated rings. The number of aliphatic carboxylic acids is 1. The van der Waals surface area contributed by atoms with Crippen molar-refractivity contribution in [2.24, 2.45) is 5.73 Å². The molecule has 0 aromatic heterocycles. The molecule has 1 heterocycles. The van der Waals surface area contributed by atoms with Crippen LogP contribution >= 0.6 is 0 Å². The third-order valence-corrected chi connectivity index (χ3v) is 3.19. The zero-order valence-corrected chi connectivity index (χ0v) is 9.93. The highest BCUT2D eigenvalue weighted by atomic mass is 16.6. The van der Waals surface area contributed by atoms with Gasteiger partial charge in [0.15, 0.2) is 5.60 Å². The van der Waals surface area contributed by atoms with E-state index < -0.39 is 48.6 Å². The predicted molar refractivity (Wildman–Crippen MR) is 58.6 cm³/mol. The minimum Gasteiger partial charge on any atom is -0.479 e. The van der Waals surface area contributed by atoms with Crippen molar-refractivity contribution in [2.45, 2.75) is 49.4 Å². The second kappa shape index (κ2) is 5.47. The fourth-order valence-electron chi connectivity index (χ4n) is 1.94. The highest BCUT2D eigenvalue weighted by molar-refractivity contribution is 5.77. The number of carbonyl (C=O) groups is 1. The van der Waals surface area contributed by atoms with Gasteiger partial charge < -0.3 is 36.0 Å². The van der Waals surface area contributed by atoms with Gasteiger partial charge in [-0.05, 0) is 6.92 Å². The molecule has 18 heavy (non-hydrogen) atoms. The largest absolute Gasteiger partial charge is 0.479 e. The molecule has 1 saturated heterocycles. The quantitative estimate of drug-likeness (QED) is 0.315. The fraction of sp³-hybridized carbons (Fsp3) is 0.900. The Hall–Kier alpha value is -0.770. The third kappa shape index (κ3) is 2.79. The van der Waals surface area contributed by atoms with E-state index in [1.54, 1.807) is 0 Å². The van der Waals surface area contributed by atoms with E-state index in [0.29, 0.717) is 0 Å². The van der Waals surface area contributed by atoms with E-state index in [1.165, 1.54) is 6.92 Å². The van der Waals surface area contributed by atoms with Gasteiger partial charge in [-0.25, -0.2) is 4.79 Å². The lowest BCUT2D eigenvalue weighted by atomic mass is 9.85. The van der Waals surface area contributed by atoms with Crippen molar-refractivity contribution < 1.29 is 35.1 Å². The molecule has 0 aromatic rings. The molecule has 1 rings (SSSR count). The maximum atomic E-state index is 11.1. The molecule has 1 aliphatic heterocycles. The molecule has 0 spiro atoms. The smallest absolute Gasteiger partial charge is 0.335 e. The van der Waals surface area contributed by atoms with E-state index in [9.17, 15) is 20.1 Å². The Balaban J connectivity index is 2.92. The Morgan fingerprint density at radius 1 is 1.56 bits per heavy atom. The van der Waals surface area contributed by atoms with Crippen LogP contribution in [-0.4, -0.2) is 74.2 Å². The molecule has 0 aliphatic carbocycles. The van der Waals surface area contributed by atoms with Gasteiger partial charge in [-0.3, -0.25) is 0 Å². The zero-order chi connectivity index (χ0) is 14.1. The fourth-order valence-corrected chi connectivity index (χ4v) is 1.94. The van der Waals surface area contributed by atoms with Gasteiger partial charge in [-0.2, -0.15) is 0 Å². The number of hydrogen-bond donors (Lipinski definition) is 6. The minimum absolute atomic E-state index is 0.220. The van der Waals surface area contributed by atoms with Crippen LogP contribution in [0.5, 0.6) is 0 Å². The molecule has 1 unspecified atom stereocenters. The van der Waals surface area contributed by atoms with Gasteiger partial charge in [0, 0.05) is 6.42 Å². The normalized spacial score (nSPS) is 40.2. The van der Waals surface area contributed by atoms with Crippen molar-refractivity contribution in [3.8, 4) is 0 Å². The highest BCUT2D eigenvalue weighted by Gasteiger charge is 2.50. The first kappa shape index (κ1) is 15.3. The summed E-state index contributed by atoms with van der Waals surface area (Å²) in [4.78, 5) is 11.1. The predicted octanol–water partition coefficient (Wildman–Crippen LogP) is -2.98. The summed E-state index contributed by atoms with van der Waals surface area (Å²) in [7, 11) is 0. The lowest BCUT2D eigenvalue weighted by Gasteiger charge is -2.44. The van der Waals surface area contributed by atoms with E-state index in [-0.39, 0.29) is 6.42 Å². The molecule has 0 saturated carbocycles. The van der Waals surface area contributed by atoms with Crippen molar-refractivity contribution in [3.63, 3.8) is 0 Å². The van der Waals surface area contributed by atoms with Gasteiger partial charge in [0.25, 0.3) is 0 Å². The molecular formula is C10H19NO7. The molecule has 0 aromatic carbocycles. The Morgan fingerprint density at radius 2 is 2.11 bits per heavy atom. The number of carboxylic acid groups (broad SMARTS) is 1. The Bertz CT molecular complexity index is 313. The molecule has 0 amide bonds. The molecule has 6 atom stereocenters. The minimum atomic E-state index is -1.70. The van der Waals surface area contributed by atoms with Crippen LogP contribution in [0.3, 0.4) is 0 Å². The number of aliphatic hydroxyl groups excluding tert-OH is 4. The van der Waals surface area contributed by atoms with Crippen LogP contribution in [-0.2, 0) is 9.53 Å². The van der Waals surface area contributed by atoms with Gasteiger partial charge in [0.1, 0.15) is 18.3 Å². The topological polar surface area (TPSA) is 153 Å². The van der Waals surface area contributed by atoms with Gasteiger partial charge in [0.2, 0.25) is 0 Å². The Labute approximate surface area is 104 Å². The van der Waals surface area contributed by atoms with Crippen LogP contribution < -0.4 is 5.73 Å². The number of ether oxygens (including phenoxy) is 1. The summed E-state index contributed by atoms with van der Waals surface area (Å²) in [6.07, 6.45) is -5.80. The van der Waals surface area contributed by atoms with E-state index in [4.69, 9.17) is 20.7 Å². The first-order valence-corrected chi connectivity index (χ1v) is 5.55. The highest BCUT2D eigenvalue weighted by Crippen LogP contribution is 2.30. The first-order chi connectivity index (χ1) is 8.23. The summed E-state index contributed by atoms with van der Waals surface area (Å²) >= 11 is 0. The molecule has 0 bridgehead atoms. The maximum absolute atomic E-state index is 11.1. The van der Waals surface area contributed by atoms with Crippen LogP contribution in [0.1, 0.15) is 13.3 Å². The van der Waals surface area contributed by atoms with E-state index in [1.807, 2.05) is 0 Å². The SMILES string of the molecule is C[C@]1(C(=O)O)CC(O)[C@@H](N)[C@H]([C@H](O)[C@H](O)CO)O1. The molecule has 1 aliphatic rings. The average molecular weight is 265 g/mol. The van der Waals surface area contributed by atoms with Crippen LogP contribution in [0.2, 0.25) is 0 Å². The molecule has 8 nitrogen and oxygen atoms in total. The Kier molecular flexibility index (Phi) is 4.65. The first-order valence-electron chi connectivity index (χ1n) is 5.55. The maximum Gasteiger partial charge on any atom is 0.335 e. The number of hydrogen-bond acceptors (Lipinski definition) is 7. The summed E-state index contributed by atoms with van der Waals surface area (Å²) < 4.78 is 5.20. The zero-order valence-electron chi connectivity index (χ0n) is 9.93. The van der Waals surface area contributed by atoms with Gasteiger partial charge in [-0.1, -0.05) is 0 Å². The second-order valence-electron chi connectivity index (χ2n) is 4.71. The third-order valence-electron chi connectivity index (χ3n) is 3.19. The Morgan fingerprint density at radius 3 is 2.56 bits per heavy atom. The van der Waals surface area contributed by atoms with E-state index in [0.717, 1.165) is 0 Å². The molecule has 106 valence electrons. The summed E-state index contributed by atoms with van der Waals surface area (Å²) in [5.41, 5.74) is 3.92. The molecule has 7 N–H and O–H groups in total. The van der Waals surface area contributed by atoms with E-state index in [2.05, 4.69) is 0 Å². The second-order valence-corrected chi connectivity index (χ2v) is 4.71. The summed E-state index contributed by atoms with van der Waals surface area (Å²) in [5.74, 6) is -1.30. The van der Waals surface area contributed by atoms with Crippen molar-refractivity contribution in [3.05, 3.63) is 0 Å². The summed E-state index contributed by atoms with van der Waals surface area (Å²) in [6.45, 7) is 0.517. The van der Waals surface area contributed by atoms with Gasteiger partial charge >= 0.3 is 5.97 Å². The van der Waals surface area contributed by atoms with Crippen molar-refractivity contribution >= 4 is 5.97 Å².